The number of hydrogen-bond donors (Lipinski definition) is 1. The molecule has 25 heavy (non-hydrogen) atoms. The van der Waals surface area contributed by atoms with E-state index in [9.17, 15) is 4.79 Å². The van der Waals surface area contributed by atoms with Crippen LogP contribution in [0.4, 0.5) is 0 Å². The standard InChI is InChI=1S/C21H33N3O/c1-17(2)24-16-21(9-7-20(24)25)10-13-23(14-11-21)15-19-5-3-18(4-6-19)8-12-22/h3-6,17H,7-16,22H2,1-2H3. The molecule has 3 rings (SSSR count). The molecule has 0 aromatic heterocycles. The molecule has 0 saturated carbocycles. The van der Waals surface area contributed by atoms with Crippen molar-refractivity contribution in [2.24, 2.45) is 11.1 Å². The highest BCUT2D eigenvalue weighted by molar-refractivity contribution is 5.77. The second kappa shape index (κ2) is 7.88. The first-order valence-corrected chi connectivity index (χ1v) is 9.81. The predicted octanol–water partition coefficient (Wildman–Crippen LogP) is 2.80. The average molecular weight is 344 g/mol. The molecule has 2 aliphatic rings. The summed E-state index contributed by atoms with van der Waals surface area (Å²) in [6.45, 7) is 9.27. The topological polar surface area (TPSA) is 49.6 Å². The molecule has 1 aromatic rings. The highest BCUT2D eigenvalue weighted by Crippen LogP contribution is 2.41. The largest absolute Gasteiger partial charge is 0.340 e. The maximum Gasteiger partial charge on any atom is 0.222 e. The van der Waals surface area contributed by atoms with Crippen LogP contribution in [-0.2, 0) is 17.8 Å². The van der Waals surface area contributed by atoms with Gasteiger partial charge < -0.3 is 10.6 Å². The van der Waals surface area contributed by atoms with Gasteiger partial charge in [0.1, 0.15) is 0 Å². The van der Waals surface area contributed by atoms with Crippen LogP contribution in [0, 0.1) is 5.41 Å². The number of rotatable bonds is 5. The summed E-state index contributed by atoms with van der Waals surface area (Å²) in [5.41, 5.74) is 8.69. The van der Waals surface area contributed by atoms with E-state index in [2.05, 4.69) is 47.9 Å². The van der Waals surface area contributed by atoms with Crippen LogP contribution in [0.2, 0.25) is 0 Å². The van der Waals surface area contributed by atoms with Gasteiger partial charge in [-0.15, -0.1) is 0 Å². The lowest BCUT2D eigenvalue weighted by molar-refractivity contribution is -0.141. The zero-order chi connectivity index (χ0) is 17.9. The molecule has 0 atom stereocenters. The minimum atomic E-state index is 0.328. The maximum atomic E-state index is 12.1. The van der Waals surface area contributed by atoms with Crippen LogP contribution in [0.3, 0.4) is 0 Å². The van der Waals surface area contributed by atoms with Crippen LogP contribution in [0.15, 0.2) is 24.3 Å². The summed E-state index contributed by atoms with van der Waals surface area (Å²) < 4.78 is 0. The van der Waals surface area contributed by atoms with Gasteiger partial charge in [0.2, 0.25) is 5.91 Å². The fourth-order valence-electron chi connectivity index (χ4n) is 4.34. The molecular formula is C21H33N3O. The first-order valence-electron chi connectivity index (χ1n) is 9.81. The minimum Gasteiger partial charge on any atom is -0.340 e. The lowest BCUT2D eigenvalue weighted by Crippen LogP contribution is -2.53. The molecule has 1 amide bonds. The lowest BCUT2D eigenvalue weighted by atomic mass is 9.72. The highest BCUT2D eigenvalue weighted by atomic mass is 16.2. The van der Waals surface area contributed by atoms with Gasteiger partial charge in [0.15, 0.2) is 0 Å². The molecule has 1 spiro atoms. The number of likely N-dealkylation sites (tertiary alicyclic amines) is 2. The third-order valence-electron chi connectivity index (χ3n) is 6.10. The smallest absolute Gasteiger partial charge is 0.222 e. The number of piperidine rings is 2. The summed E-state index contributed by atoms with van der Waals surface area (Å²) >= 11 is 0. The van der Waals surface area contributed by atoms with Crippen molar-refractivity contribution in [2.75, 3.05) is 26.2 Å². The highest BCUT2D eigenvalue weighted by Gasteiger charge is 2.41. The van der Waals surface area contributed by atoms with E-state index in [4.69, 9.17) is 5.73 Å². The van der Waals surface area contributed by atoms with Gasteiger partial charge in [0.25, 0.3) is 0 Å². The van der Waals surface area contributed by atoms with Crippen molar-refractivity contribution in [1.29, 1.82) is 0 Å². The van der Waals surface area contributed by atoms with Crippen LogP contribution in [-0.4, -0.2) is 47.9 Å². The van der Waals surface area contributed by atoms with Gasteiger partial charge in [-0.3, -0.25) is 9.69 Å². The Labute approximate surface area is 152 Å². The summed E-state index contributed by atoms with van der Waals surface area (Å²) in [6.07, 6.45) is 5.21. The van der Waals surface area contributed by atoms with Crippen molar-refractivity contribution < 1.29 is 4.79 Å². The van der Waals surface area contributed by atoms with Crippen molar-refractivity contribution in [1.82, 2.24) is 9.80 Å². The monoisotopic (exact) mass is 343 g/mol. The Hall–Kier alpha value is -1.39. The third-order valence-corrected chi connectivity index (χ3v) is 6.10. The molecule has 2 saturated heterocycles. The van der Waals surface area contributed by atoms with E-state index in [0.29, 0.717) is 23.9 Å². The fraction of sp³-hybridized carbons (Fsp3) is 0.667. The van der Waals surface area contributed by atoms with Crippen LogP contribution in [0.25, 0.3) is 0 Å². The summed E-state index contributed by atoms with van der Waals surface area (Å²) in [5.74, 6) is 0.348. The normalized spacial score (nSPS) is 21.3. The van der Waals surface area contributed by atoms with E-state index in [1.54, 1.807) is 0 Å². The number of carbonyl (C=O) groups excluding carboxylic acids is 1. The van der Waals surface area contributed by atoms with E-state index in [1.165, 1.54) is 24.0 Å². The average Bonchev–Trinajstić information content (AvgIpc) is 2.61. The van der Waals surface area contributed by atoms with Gasteiger partial charge in [-0.25, -0.2) is 0 Å². The zero-order valence-electron chi connectivity index (χ0n) is 15.8. The Morgan fingerprint density at radius 1 is 1.08 bits per heavy atom. The molecule has 0 unspecified atom stereocenters. The molecule has 2 N–H and O–H groups in total. The van der Waals surface area contributed by atoms with Crippen molar-refractivity contribution in [3.63, 3.8) is 0 Å². The summed E-state index contributed by atoms with van der Waals surface area (Å²) in [4.78, 5) is 16.8. The third kappa shape index (κ3) is 4.42. The number of nitrogens with two attached hydrogens (primary N) is 1. The fourth-order valence-corrected chi connectivity index (χ4v) is 4.34. The summed E-state index contributed by atoms with van der Waals surface area (Å²) in [7, 11) is 0. The first kappa shape index (κ1) is 18.4. The minimum absolute atomic E-state index is 0.328. The number of carbonyl (C=O) groups is 1. The second-order valence-electron chi connectivity index (χ2n) is 8.25. The molecule has 0 bridgehead atoms. The molecular weight excluding hydrogens is 310 g/mol. The SMILES string of the molecule is CC(C)N1CC2(CCC1=O)CCN(Cc1ccc(CCN)cc1)CC2. The zero-order valence-corrected chi connectivity index (χ0v) is 15.8. The van der Waals surface area contributed by atoms with Crippen molar-refractivity contribution in [3.05, 3.63) is 35.4 Å². The van der Waals surface area contributed by atoms with Crippen molar-refractivity contribution >= 4 is 5.91 Å². The molecule has 4 nitrogen and oxygen atoms in total. The molecule has 2 fully saturated rings. The summed E-state index contributed by atoms with van der Waals surface area (Å²) in [5, 5.41) is 0. The second-order valence-corrected chi connectivity index (χ2v) is 8.25. The van der Waals surface area contributed by atoms with Crippen LogP contribution < -0.4 is 5.73 Å². The van der Waals surface area contributed by atoms with Gasteiger partial charge in [-0.1, -0.05) is 24.3 Å². The quantitative estimate of drug-likeness (QED) is 0.894. The van der Waals surface area contributed by atoms with E-state index in [1.807, 2.05) is 0 Å². The van der Waals surface area contributed by atoms with Gasteiger partial charge in [0.05, 0.1) is 0 Å². The number of nitrogens with zero attached hydrogens (tertiary/aromatic N) is 2. The summed E-state index contributed by atoms with van der Waals surface area (Å²) in [6, 6.07) is 9.24. The molecule has 1 aromatic carbocycles. The maximum absolute atomic E-state index is 12.1. The van der Waals surface area contributed by atoms with Gasteiger partial charge in [-0.2, -0.15) is 0 Å². The lowest BCUT2D eigenvalue weighted by Gasteiger charge is -2.48. The van der Waals surface area contributed by atoms with E-state index in [0.717, 1.165) is 45.4 Å². The number of amides is 1. The molecule has 138 valence electrons. The Kier molecular flexibility index (Phi) is 5.80. The molecule has 2 heterocycles. The van der Waals surface area contributed by atoms with Crippen LogP contribution >= 0.6 is 0 Å². The molecule has 0 radical (unpaired) electrons. The number of benzene rings is 1. The Bertz CT molecular complexity index is 573. The predicted molar refractivity (Wildman–Crippen MR) is 102 cm³/mol. The van der Waals surface area contributed by atoms with Crippen LogP contribution in [0.5, 0.6) is 0 Å². The van der Waals surface area contributed by atoms with Crippen molar-refractivity contribution in [2.45, 2.75) is 58.5 Å². The Balaban J connectivity index is 1.54. The van der Waals surface area contributed by atoms with E-state index in [-0.39, 0.29) is 0 Å². The van der Waals surface area contributed by atoms with Crippen LogP contribution in [0.1, 0.15) is 50.7 Å². The molecule has 4 heteroatoms. The Morgan fingerprint density at radius 3 is 2.32 bits per heavy atom. The van der Waals surface area contributed by atoms with Gasteiger partial charge in [-0.05, 0) is 75.7 Å². The van der Waals surface area contributed by atoms with Gasteiger partial charge in [0, 0.05) is 25.6 Å². The molecule has 0 aliphatic carbocycles. The molecule has 2 aliphatic heterocycles. The Morgan fingerprint density at radius 2 is 1.72 bits per heavy atom. The first-order chi connectivity index (χ1) is 12.0. The van der Waals surface area contributed by atoms with Gasteiger partial charge >= 0.3 is 0 Å². The number of hydrogen-bond acceptors (Lipinski definition) is 3. The van der Waals surface area contributed by atoms with E-state index >= 15 is 0 Å². The van der Waals surface area contributed by atoms with Crippen molar-refractivity contribution in [3.8, 4) is 0 Å². The van der Waals surface area contributed by atoms with E-state index < -0.39 is 0 Å².